The normalized spacial score (nSPS) is 20.5. The van der Waals surface area contributed by atoms with Gasteiger partial charge in [-0.15, -0.1) is 0 Å². The molecule has 2 aliphatic rings. The zero-order valence-corrected chi connectivity index (χ0v) is 22.8. The van der Waals surface area contributed by atoms with Gasteiger partial charge in [-0.05, 0) is 51.7 Å². The molecule has 39 heavy (non-hydrogen) atoms. The van der Waals surface area contributed by atoms with Gasteiger partial charge >= 0.3 is 11.9 Å². The number of non-ortho nitro benzene ring substituents is 1. The molecule has 1 saturated heterocycles. The largest absolute Gasteiger partial charge is 0.462 e. The molecule has 0 aliphatic carbocycles. The Morgan fingerprint density at radius 3 is 2.41 bits per heavy atom. The Hall–Kier alpha value is -3.85. The number of hydrogen-bond donors (Lipinski definition) is 0. The number of hydrogen-bond acceptors (Lipinski definition) is 8. The van der Waals surface area contributed by atoms with Crippen LogP contribution in [0.1, 0.15) is 57.6 Å². The Kier molecular flexibility index (Phi) is 8.91. The molecule has 0 N–H and O–H groups in total. The summed E-state index contributed by atoms with van der Waals surface area (Å²) in [6, 6.07) is 16.3. The summed E-state index contributed by atoms with van der Waals surface area (Å²) in [5.74, 6) is -2.81. The lowest BCUT2D eigenvalue weighted by Crippen LogP contribution is -2.40. The van der Waals surface area contributed by atoms with Gasteiger partial charge < -0.3 is 9.47 Å². The molecular weight excluding hydrogens is 498 g/mol. The van der Waals surface area contributed by atoms with E-state index in [0.717, 1.165) is 19.6 Å². The summed E-state index contributed by atoms with van der Waals surface area (Å²) in [7, 11) is 0. The SMILES string of the molecule is CC1=NC(C)=C(C(=O)OC2CCN(Cc3ccccc3)CC2)C(c2cccc([N+](=O)[O-])c2)C1C(=O)OC(C)C. The number of aliphatic imine (C=N–C) groups is 1. The topological polar surface area (TPSA) is 111 Å². The zero-order chi connectivity index (χ0) is 28.1. The van der Waals surface area contributed by atoms with Gasteiger partial charge in [0.05, 0.1) is 16.6 Å². The van der Waals surface area contributed by atoms with E-state index in [4.69, 9.17) is 9.47 Å². The van der Waals surface area contributed by atoms with Gasteiger partial charge in [-0.2, -0.15) is 0 Å². The summed E-state index contributed by atoms with van der Waals surface area (Å²) >= 11 is 0. The lowest BCUT2D eigenvalue weighted by atomic mass is 9.75. The maximum absolute atomic E-state index is 13.7. The van der Waals surface area contributed by atoms with Gasteiger partial charge in [0, 0.05) is 49.1 Å². The molecule has 2 atom stereocenters. The molecule has 0 saturated carbocycles. The first-order chi connectivity index (χ1) is 18.6. The van der Waals surface area contributed by atoms with E-state index in [0.29, 0.717) is 29.8 Å². The number of carbonyl (C=O) groups is 2. The summed E-state index contributed by atoms with van der Waals surface area (Å²) in [5.41, 5.74) is 2.74. The fraction of sp³-hybridized carbons (Fsp3) is 0.433. The van der Waals surface area contributed by atoms with Crippen LogP contribution in [0, 0.1) is 16.0 Å². The van der Waals surface area contributed by atoms with Crippen LogP contribution in [0.3, 0.4) is 0 Å². The van der Waals surface area contributed by atoms with Crippen molar-refractivity contribution in [2.24, 2.45) is 10.9 Å². The Morgan fingerprint density at radius 2 is 1.77 bits per heavy atom. The minimum atomic E-state index is -0.909. The molecule has 2 aromatic carbocycles. The van der Waals surface area contributed by atoms with Crippen molar-refractivity contribution in [2.75, 3.05) is 13.1 Å². The number of nitro benzene ring substituents is 1. The second-order valence-electron chi connectivity index (χ2n) is 10.4. The highest BCUT2D eigenvalue weighted by Gasteiger charge is 2.43. The first kappa shape index (κ1) is 28.2. The first-order valence-electron chi connectivity index (χ1n) is 13.3. The molecule has 0 amide bonds. The highest BCUT2D eigenvalue weighted by molar-refractivity contribution is 6.07. The van der Waals surface area contributed by atoms with Crippen LogP contribution in [-0.2, 0) is 25.6 Å². The third-order valence-corrected chi connectivity index (χ3v) is 7.15. The van der Waals surface area contributed by atoms with Crippen LogP contribution in [-0.4, -0.2) is 52.8 Å². The Labute approximate surface area is 228 Å². The van der Waals surface area contributed by atoms with Crippen LogP contribution in [0.15, 0.2) is 70.9 Å². The number of piperidine rings is 1. The minimum absolute atomic E-state index is 0.125. The van der Waals surface area contributed by atoms with E-state index in [1.165, 1.54) is 17.7 Å². The molecule has 0 aromatic heterocycles. The van der Waals surface area contributed by atoms with Gasteiger partial charge in [0.15, 0.2) is 0 Å². The average Bonchev–Trinajstić information content (AvgIpc) is 2.89. The fourth-order valence-electron chi connectivity index (χ4n) is 5.35. The number of nitrogens with zero attached hydrogens (tertiary/aromatic N) is 3. The van der Waals surface area contributed by atoms with E-state index in [1.807, 2.05) is 18.2 Å². The third-order valence-electron chi connectivity index (χ3n) is 7.15. The Morgan fingerprint density at radius 1 is 1.08 bits per heavy atom. The molecule has 4 rings (SSSR count). The second-order valence-corrected chi connectivity index (χ2v) is 10.4. The number of esters is 2. The van der Waals surface area contributed by atoms with Gasteiger partial charge in [0.1, 0.15) is 12.0 Å². The number of benzene rings is 2. The third kappa shape index (κ3) is 6.78. The monoisotopic (exact) mass is 533 g/mol. The average molecular weight is 534 g/mol. The van der Waals surface area contributed by atoms with Crippen LogP contribution >= 0.6 is 0 Å². The van der Waals surface area contributed by atoms with Crippen molar-refractivity contribution >= 4 is 23.3 Å². The van der Waals surface area contributed by atoms with Gasteiger partial charge in [-0.3, -0.25) is 24.8 Å². The van der Waals surface area contributed by atoms with Crippen LogP contribution in [0.5, 0.6) is 0 Å². The molecule has 0 spiro atoms. The molecule has 0 radical (unpaired) electrons. The second kappa shape index (κ2) is 12.3. The van der Waals surface area contributed by atoms with Crippen molar-refractivity contribution < 1.29 is 24.0 Å². The predicted molar refractivity (Wildman–Crippen MR) is 147 cm³/mol. The summed E-state index contributed by atoms with van der Waals surface area (Å²) in [6.45, 7) is 9.33. The van der Waals surface area contributed by atoms with E-state index >= 15 is 0 Å². The van der Waals surface area contributed by atoms with Crippen LogP contribution in [0.4, 0.5) is 5.69 Å². The van der Waals surface area contributed by atoms with Crippen molar-refractivity contribution in [3.05, 3.63) is 87.1 Å². The van der Waals surface area contributed by atoms with E-state index in [-0.39, 0.29) is 23.5 Å². The standard InChI is InChI=1S/C30H35N3O6/c1-19(2)38-29(34)26-20(3)31-21(4)27(28(26)23-11-8-12-24(17-23)33(36)37)30(35)39-25-13-15-32(16-14-25)18-22-9-6-5-7-10-22/h5-12,17,19,25-26,28H,13-16,18H2,1-4H3. The van der Waals surface area contributed by atoms with Gasteiger partial charge in [-0.1, -0.05) is 42.5 Å². The zero-order valence-electron chi connectivity index (χ0n) is 22.8. The van der Waals surface area contributed by atoms with Crippen molar-refractivity contribution in [3.63, 3.8) is 0 Å². The van der Waals surface area contributed by atoms with Crippen molar-refractivity contribution in [1.29, 1.82) is 0 Å². The highest BCUT2D eigenvalue weighted by Crippen LogP contribution is 2.41. The summed E-state index contributed by atoms with van der Waals surface area (Å²) in [4.78, 5) is 44.9. The van der Waals surface area contributed by atoms with Crippen molar-refractivity contribution in [3.8, 4) is 0 Å². The number of carbonyl (C=O) groups excluding carboxylic acids is 2. The Bertz CT molecular complexity index is 1280. The van der Waals surface area contributed by atoms with E-state index in [1.54, 1.807) is 39.8 Å². The number of rotatable bonds is 8. The molecular formula is C30H35N3O6. The molecule has 9 heteroatoms. The highest BCUT2D eigenvalue weighted by atomic mass is 16.6. The summed E-state index contributed by atoms with van der Waals surface area (Å²) in [5, 5.41) is 11.5. The molecule has 2 heterocycles. The molecule has 2 aliphatic heterocycles. The maximum Gasteiger partial charge on any atom is 0.336 e. The molecule has 9 nitrogen and oxygen atoms in total. The van der Waals surface area contributed by atoms with E-state index in [2.05, 4.69) is 22.0 Å². The summed E-state index contributed by atoms with van der Waals surface area (Å²) < 4.78 is 11.5. The lowest BCUT2D eigenvalue weighted by Gasteiger charge is -2.34. The molecule has 2 unspecified atom stereocenters. The molecule has 0 bridgehead atoms. The number of allylic oxidation sites excluding steroid dienone is 1. The molecule has 206 valence electrons. The van der Waals surface area contributed by atoms with Gasteiger partial charge in [0.25, 0.3) is 5.69 Å². The quantitative estimate of drug-likeness (QED) is 0.260. The fourth-order valence-corrected chi connectivity index (χ4v) is 5.35. The van der Waals surface area contributed by atoms with E-state index in [9.17, 15) is 19.7 Å². The summed E-state index contributed by atoms with van der Waals surface area (Å²) in [6.07, 6.45) is 0.726. The lowest BCUT2D eigenvalue weighted by molar-refractivity contribution is -0.384. The van der Waals surface area contributed by atoms with Crippen LogP contribution in [0.2, 0.25) is 0 Å². The maximum atomic E-state index is 13.7. The first-order valence-corrected chi connectivity index (χ1v) is 13.3. The molecule has 1 fully saturated rings. The predicted octanol–water partition coefficient (Wildman–Crippen LogP) is 5.20. The van der Waals surface area contributed by atoms with Crippen LogP contribution < -0.4 is 0 Å². The van der Waals surface area contributed by atoms with E-state index < -0.39 is 28.7 Å². The van der Waals surface area contributed by atoms with Crippen molar-refractivity contribution in [2.45, 2.75) is 65.2 Å². The van der Waals surface area contributed by atoms with Gasteiger partial charge in [-0.25, -0.2) is 4.79 Å². The minimum Gasteiger partial charge on any atom is -0.462 e. The van der Waals surface area contributed by atoms with Crippen LogP contribution in [0.25, 0.3) is 0 Å². The number of nitro groups is 1. The number of ether oxygens (including phenoxy) is 2. The molecule has 2 aromatic rings. The van der Waals surface area contributed by atoms with Crippen molar-refractivity contribution in [1.82, 2.24) is 4.90 Å². The van der Waals surface area contributed by atoms with Gasteiger partial charge in [0.2, 0.25) is 0 Å². The number of likely N-dealkylation sites (tertiary alicyclic amines) is 1. The smallest absolute Gasteiger partial charge is 0.336 e. The Balaban J connectivity index is 1.57.